The van der Waals surface area contributed by atoms with Gasteiger partial charge in [-0.05, 0) is 19.3 Å². The van der Waals surface area contributed by atoms with E-state index in [1.165, 1.54) is 25.7 Å². The average Bonchev–Trinajstić information content (AvgIpc) is 2.43. The number of hydrogen-bond acceptors (Lipinski definition) is 3. The molecule has 3 heteroatoms. The van der Waals surface area contributed by atoms with Crippen LogP contribution in [0.1, 0.15) is 85.0 Å². The number of ketones is 1. The van der Waals surface area contributed by atoms with Gasteiger partial charge in [-0.15, -0.1) is 0 Å². The van der Waals surface area contributed by atoms with E-state index in [1.807, 2.05) is 13.8 Å². The summed E-state index contributed by atoms with van der Waals surface area (Å²) < 4.78 is 5.27. The lowest BCUT2D eigenvalue weighted by atomic mass is 9.96. The van der Waals surface area contributed by atoms with Crippen molar-refractivity contribution in [2.24, 2.45) is 5.92 Å². The van der Waals surface area contributed by atoms with Crippen LogP contribution in [-0.4, -0.2) is 18.4 Å². The lowest BCUT2D eigenvalue weighted by molar-refractivity contribution is -0.152. The summed E-state index contributed by atoms with van der Waals surface area (Å²) in [6.07, 6.45) is 9.75. The maximum Gasteiger partial charge on any atom is 0.316 e. The van der Waals surface area contributed by atoms with Gasteiger partial charge in [0, 0.05) is 6.42 Å². The summed E-state index contributed by atoms with van der Waals surface area (Å²) in [5.74, 6) is -0.791. The average molecular weight is 284 g/mol. The van der Waals surface area contributed by atoms with E-state index in [0.29, 0.717) is 19.4 Å². The second-order valence-corrected chi connectivity index (χ2v) is 5.49. The first-order chi connectivity index (χ1) is 9.67. The molecule has 0 saturated carbocycles. The van der Waals surface area contributed by atoms with Gasteiger partial charge in [-0.3, -0.25) is 9.59 Å². The number of hydrogen-bond donors (Lipinski definition) is 0. The number of carbonyl (C=O) groups is 2. The number of Topliss-reactive ketones (excluding diaryl/α,β-unsaturated/α-hetero) is 1. The van der Waals surface area contributed by atoms with Crippen molar-refractivity contribution in [1.82, 2.24) is 0 Å². The van der Waals surface area contributed by atoms with Crippen LogP contribution in [0.15, 0.2) is 0 Å². The predicted molar refractivity (Wildman–Crippen MR) is 82.6 cm³/mol. The van der Waals surface area contributed by atoms with Gasteiger partial charge < -0.3 is 4.74 Å². The van der Waals surface area contributed by atoms with Crippen molar-refractivity contribution in [2.45, 2.75) is 85.0 Å². The molecular formula is C17H32O3. The lowest BCUT2D eigenvalue weighted by Crippen LogP contribution is -2.26. The summed E-state index contributed by atoms with van der Waals surface area (Å²) in [5.41, 5.74) is 0. The normalized spacial score (nSPS) is 12.2. The third-order valence-electron chi connectivity index (χ3n) is 3.49. The third-order valence-corrected chi connectivity index (χ3v) is 3.49. The molecule has 0 aromatic heterocycles. The van der Waals surface area contributed by atoms with Gasteiger partial charge in [0.15, 0.2) is 0 Å². The predicted octanol–water partition coefficient (Wildman–Crippen LogP) is 4.68. The van der Waals surface area contributed by atoms with Crippen LogP contribution in [0, 0.1) is 5.92 Å². The van der Waals surface area contributed by atoms with Gasteiger partial charge in [0.05, 0.1) is 6.61 Å². The fraction of sp³-hybridized carbons (Fsp3) is 0.882. The molecule has 0 N–H and O–H groups in total. The number of esters is 1. The summed E-state index contributed by atoms with van der Waals surface area (Å²) in [5, 5.41) is 0. The molecule has 0 heterocycles. The molecule has 0 rings (SSSR count). The van der Waals surface area contributed by atoms with Crippen LogP contribution in [-0.2, 0) is 14.3 Å². The zero-order valence-electron chi connectivity index (χ0n) is 13.6. The minimum absolute atomic E-state index is 0.0438. The molecule has 0 aromatic carbocycles. The Bertz CT molecular complexity index is 261. The Morgan fingerprint density at radius 2 is 1.50 bits per heavy atom. The highest BCUT2D eigenvalue weighted by Gasteiger charge is 2.25. The Kier molecular flexibility index (Phi) is 12.6. The Morgan fingerprint density at radius 1 is 0.850 bits per heavy atom. The van der Waals surface area contributed by atoms with E-state index < -0.39 is 5.92 Å². The quantitative estimate of drug-likeness (QED) is 0.280. The third kappa shape index (κ3) is 9.11. The van der Waals surface area contributed by atoms with E-state index in [4.69, 9.17) is 4.74 Å². The number of ether oxygens (including phenoxy) is 1. The largest absolute Gasteiger partial charge is 0.465 e. The lowest BCUT2D eigenvalue weighted by Gasteiger charge is -2.14. The van der Waals surface area contributed by atoms with Gasteiger partial charge in [-0.25, -0.2) is 0 Å². The number of rotatable bonds is 13. The van der Waals surface area contributed by atoms with Gasteiger partial charge in [0.1, 0.15) is 11.7 Å². The van der Waals surface area contributed by atoms with E-state index in [0.717, 1.165) is 25.7 Å². The van der Waals surface area contributed by atoms with Crippen molar-refractivity contribution >= 4 is 11.8 Å². The summed E-state index contributed by atoms with van der Waals surface area (Å²) in [7, 11) is 0. The van der Waals surface area contributed by atoms with Crippen molar-refractivity contribution < 1.29 is 14.3 Å². The standard InChI is InChI=1S/C17H32O3/c1-4-7-8-9-10-11-14-20-17(19)15(12-5-2)16(18)13-6-3/h15H,4-14H2,1-3H3. The van der Waals surface area contributed by atoms with E-state index in [1.54, 1.807) is 0 Å². The fourth-order valence-electron chi connectivity index (χ4n) is 2.28. The Morgan fingerprint density at radius 3 is 2.10 bits per heavy atom. The first kappa shape index (κ1) is 19.1. The van der Waals surface area contributed by atoms with Crippen LogP contribution in [0.5, 0.6) is 0 Å². The first-order valence-electron chi connectivity index (χ1n) is 8.36. The highest BCUT2D eigenvalue weighted by Crippen LogP contribution is 2.14. The highest BCUT2D eigenvalue weighted by atomic mass is 16.5. The van der Waals surface area contributed by atoms with Crippen molar-refractivity contribution in [1.29, 1.82) is 0 Å². The molecule has 1 atom stereocenters. The molecular weight excluding hydrogens is 252 g/mol. The molecule has 3 nitrogen and oxygen atoms in total. The van der Waals surface area contributed by atoms with Crippen molar-refractivity contribution in [2.75, 3.05) is 6.61 Å². The second-order valence-electron chi connectivity index (χ2n) is 5.49. The molecule has 0 aliphatic rings. The molecule has 0 aliphatic heterocycles. The van der Waals surface area contributed by atoms with E-state index in [2.05, 4.69) is 6.92 Å². The van der Waals surface area contributed by atoms with Gasteiger partial charge in [-0.1, -0.05) is 59.3 Å². The fourth-order valence-corrected chi connectivity index (χ4v) is 2.28. The Hall–Kier alpha value is -0.860. The monoisotopic (exact) mass is 284 g/mol. The molecule has 1 unspecified atom stereocenters. The van der Waals surface area contributed by atoms with Gasteiger partial charge in [-0.2, -0.15) is 0 Å². The maximum absolute atomic E-state index is 11.9. The molecule has 20 heavy (non-hydrogen) atoms. The molecule has 0 aromatic rings. The smallest absolute Gasteiger partial charge is 0.316 e. The molecule has 0 aliphatic carbocycles. The van der Waals surface area contributed by atoms with E-state index in [-0.39, 0.29) is 11.8 Å². The second kappa shape index (κ2) is 13.1. The van der Waals surface area contributed by atoms with Gasteiger partial charge in [0.25, 0.3) is 0 Å². The van der Waals surface area contributed by atoms with Crippen LogP contribution >= 0.6 is 0 Å². The Labute approximate surface area is 124 Å². The topological polar surface area (TPSA) is 43.4 Å². The minimum Gasteiger partial charge on any atom is -0.465 e. The number of unbranched alkanes of at least 4 members (excludes halogenated alkanes) is 5. The van der Waals surface area contributed by atoms with Crippen LogP contribution in [0.4, 0.5) is 0 Å². The molecule has 0 bridgehead atoms. The summed E-state index contributed by atoms with van der Waals surface area (Å²) in [6, 6.07) is 0. The zero-order chi connectivity index (χ0) is 15.2. The summed E-state index contributed by atoms with van der Waals surface area (Å²) in [6.45, 7) is 6.61. The van der Waals surface area contributed by atoms with Crippen molar-refractivity contribution in [3.8, 4) is 0 Å². The van der Waals surface area contributed by atoms with Crippen LogP contribution in [0.3, 0.4) is 0 Å². The van der Waals surface area contributed by atoms with Gasteiger partial charge in [0.2, 0.25) is 0 Å². The van der Waals surface area contributed by atoms with Crippen LogP contribution in [0.2, 0.25) is 0 Å². The minimum atomic E-state index is -0.528. The van der Waals surface area contributed by atoms with Crippen molar-refractivity contribution in [3.05, 3.63) is 0 Å². The highest BCUT2D eigenvalue weighted by molar-refractivity contribution is 5.98. The number of carbonyl (C=O) groups excluding carboxylic acids is 2. The van der Waals surface area contributed by atoms with E-state index >= 15 is 0 Å². The van der Waals surface area contributed by atoms with Gasteiger partial charge >= 0.3 is 5.97 Å². The summed E-state index contributed by atoms with van der Waals surface area (Å²) in [4.78, 5) is 23.8. The first-order valence-corrected chi connectivity index (χ1v) is 8.36. The molecule has 0 fully saturated rings. The van der Waals surface area contributed by atoms with Crippen LogP contribution in [0.25, 0.3) is 0 Å². The molecule has 0 radical (unpaired) electrons. The SMILES string of the molecule is CCCCCCCCOC(=O)C(CCC)C(=O)CCC. The Balaban J connectivity index is 3.87. The van der Waals surface area contributed by atoms with Crippen LogP contribution < -0.4 is 0 Å². The van der Waals surface area contributed by atoms with E-state index in [9.17, 15) is 9.59 Å². The molecule has 118 valence electrons. The molecule has 0 saturated heterocycles. The van der Waals surface area contributed by atoms with Crippen molar-refractivity contribution in [3.63, 3.8) is 0 Å². The summed E-state index contributed by atoms with van der Waals surface area (Å²) >= 11 is 0. The molecule has 0 spiro atoms. The molecule has 0 amide bonds. The maximum atomic E-state index is 11.9. The zero-order valence-corrected chi connectivity index (χ0v) is 13.6.